The minimum Gasteiger partial charge on any atom is -0.453 e. The number of rotatable bonds is 3. The normalized spacial score (nSPS) is 9.74. The second kappa shape index (κ2) is 5.51. The number of ether oxygens (including phenoxy) is 1. The third kappa shape index (κ3) is 2.90. The van der Waals surface area contributed by atoms with Gasteiger partial charge in [-0.3, -0.25) is 4.79 Å². The molecule has 0 aliphatic heterocycles. The van der Waals surface area contributed by atoms with Gasteiger partial charge in [0.2, 0.25) is 0 Å². The first-order valence-corrected chi connectivity index (χ1v) is 5.64. The molecule has 94 valence electrons. The van der Waals surface area contributed by atoms with Gasteiger partial charge in [-0.1, -0.05) is 11.6 Å². The van der Waals surface area contributed by atoms with Crippen molar-refractivity contribution in [3.63, 3.8) is 0 Å². The molecule has 0 unspecified atom stereocenters. The largest absolute Gasteiger partial charge is 0.453 e. The third-order valence-electron chi connectivity index (χ3n) is 2.37. The van der Waals surface area contributed by atoms with Gasteiger partial charge in [-0.25, -0.2) is 4.39 Å². The molecular weight excluding hydrogens is 269 g/mol. The van der Waals surface area contributed by atoms with E-state index in [9.17, 15) is 9.18 Å². The molecule has 0 fully saturated rings. The fraction of sp³-hybridized carbons (Fsp3) is 0. The lowest BCUT2D eigenvalue weighted by Gasteiger charge is -2.08. The third-order valence-corrected chi connectivity index (χ3v) is 2.67. The molecule has 0 bridgehead atoms. The van der Waals surface area contributed by atoms with Gasteiger partial charge in [-0.15, -0.1) is 0 Å². The number of nitriles is 1. The Morgan fingerprint density at radius 1 is 1.21 bits per heavy atom. The molecule has 2 aromatic rings. The smallest absolute Gasteiger partial charge is 0.167 e. The zero-order valence-corrected chi connectivity index (χ0v) is 10.3. The van der Waals surface area contributed by atoms with Crippen molar-refractivity contribution in [2.75, 3.05) is 0 Å². The molecule has 2 rings (SSSR count). The molecule has 19 heavy (non-hydrogen) atoms. The Morgan fingerprint density at radius 3 is 2.53 bits per heavy atom. The van der Waals surface area contributed by atoms with E-state index in [2.05, 4.69) is 0 Å². The maximum absolute atomic E-state index is 13.6. The first kappa shape index (κ1) is 13.1. The molecule has 0 heterocycles. The van der Waals surface area contributed by atoms with E-state index >= 15 is 0 Å². The second-order valence-corrected chi connectivity index (χ2v) is 4.07. The van der Waals surface area contributed by atoms with Crippen molar-refractivity contribution >= 4 is 17.9 Å². The first-order valence-electron chi connectivity index (χ1n) is 5.26. The molecule has 5 heteroatoms. The number of carbonyl (C=O) groups is 1. The summed E-state index contributed by atoms with van der Waals surface area (Å²) in [4.78, 5) is 10.6. The molecule has 0 atom stereocenters. The zero-order chi connectivity index (χ0) is 13.8. The molecular formula is C14H7ClFNO2. The summed E-state index contributed by atoms with van der Waals surface area (Å²) in [6.45, 7) is 0. The summed E-state index contributed by atoms with van der Waals surface area (Å²) in [6, 6.07) is 10.1. The van der Waals surface area contributed by atoms with Crippen LogP contribution in [-0.2, 0) is 0 Å². The maximum Gasteiger partial charge on any atom is 0.167 e. The van der Waals surface area contributed by atoms with Crippen LogP contribution in [-0.4, -0.2) is 6.29 Å². The van der Waals surface area contributed by atoms with E-state index in [4.69, 9.17) is 21.6 Å². The van der Waals surface area contributed by atoms with Crippen LogP contribution in [0.25, 0.3) is 0 Å². The molecule has 0 saturated heterocycles. The summed E-state index contributed by atoms with van der Waals surface area (Å²) in [5, 5.41) is 8.83. The Hall–Kier alpha value is -2.38. The lowest BCUT2D eigenvalue weighted by molar-refractivity contribution is 0.112. The Balaban J connectivity index is 2.31. The van der Waals surface area contributed by atoms with Crippen LogP contribution in [0.15, 0.2) is 36.4 Å². The highest BCUT2D eigenvalue weighted by molar-refractivity contribution is 6.32. The van der Waals surface area contributed by atoms with Crippen molar-refractivity contribution in [3.8, 4) is 17.6 Å². The van der Waals surface area contributed by atoms with E-state index in [0.29, 0.717) is 11.8 Å². The summed E-state index contributed by atoms with van der Waals surface area (Å²) in [5.74, 6) is -0.467. The van der Waals surface area contributed by atoms with Crippen molar-refractivity contribution in [2.24, 2.45) is 0 Å². The summed E-state index contributed by atoms with van der Waals surface area (Å²) in [5.41, 5.74) is 0.602. The molecule has 0 aliphatic carbocycles. The van der Waals surface area contributed by atoms with E-state index < -0.39 is 5.82 Å². The summed E-state index contributed by atoms with van der Waals surface area (Å²) < 4.78 is 18.9. The maximum atomic E-state index is 13.6. The van der Waals surface area contributed by atoms with Crippen LogP contribution in [0, 0.1) is 17.1 Å². The van der Waals surface area contributed by atoms with Crippen molar-refractivity contribution < 1.29 is 13.9 Å². The molecule has 3 nitrogen and oxygen atoms in total. The lowest BCUT2D eigenvalue weighted by Crippen LogP contribution is -1.91. The fourth-order valence-corrected chi connectivity index (χ4v) is 1.67. The van der Waals surface area contributed by atoms with E-state index in [0.717, 1.165) is 6.07 Å². The number of halogens is 2. The predicted molar refractivity (Wildman–Crippen MR) is 68.0 cm³/mol. The minimum atomic E-state index is -0.658. The molecule has 0 spiro atoms. The molecule has 2 aromatic carbocycles. The number of nitrogens with zero attached hydrogens (tertiary/aromatic N) is 1. The molecule has 0 radical (unpaired) electrons. The zero-order valence-electron chi connectivity index (χ0n) is 9.56. The number of aldehydes is 1. The van der Waals surface area contributed by atoms with Crippen molar-refractivity contribution in [1.29, 1.82) is 5.26 Å². The highest BCUT2D eigenvalue weighted by Crippen LogP contribution is 2.31. The van der Waals surface area contributed by atoms with Crippen LogP contribution in [0.5, 0.6) is 11.5 Å². The SMILES string of the molecule is N#Cc1ccc(Oc2ccc(C=O)cc2Cl)c(F)c1. The van der Waals surface area contributed by atoms with E-state index in [1.54, 1.807) is 0 Å². The average molecular weight is 276 g/mol. The average Bonchev–Trinajstić information content (AvgIpc) is 2.42. The minimum absolute atomic E-state index is 0.0419. The van der Waals surface area contributed by atoms with Gasteiger partial charge in [0.1, 0.15) is 12.0 Å². The number of benzene rings is 2. The number of carbonyl (C=O) groups excluding carboxylic acids is 1. The van der Waals surface area contributed by atoms with Gasteiger partial charge in [0.25, 0.3) is 0 Å². The van der Waals surface area contributed by atoms with Crippen molar-refractivity contribution in [3.05, 3.63) is 58.4 Å². The van der Waals surface area contributed by atoms with E-state index in [1.165, 1.54) is 30.3 Å². The van der Waals surface area contributed by atoms with Crippen LogP contribution >= 0.6 is 11.6 Å². The first-order chi connectivity index (χ1) is 9.13. The van der Waals surface area contributed by atoms with Crippen molar-refractivity contribution in [2.45, 2.75) is 0 Å². The summed E-state index contributed by atoms with van der Waals surface area (Å²) >= 11 is 5.91. The van der Waals surface area contributed by atoms with Gasteiger partial charge in [-0.2, -0.15) is 5.26 Å². The quantitative estimate of drug-likeness (QED) is 0.797. The van der Waals surface area contributed by atoms with Crippen LogP contribution < -0.4 is 4.74 Å². The van der Waals surface area contributed by atoms with Crippen LogP contribution in [0.2, 0.25) is 5.02 Å². The lowest BCUT2D eigenvalue weighted by atomic mass is 10.2. The summed E-state index contributed by atoms with van der Waals surface area (Å²) in [7, 11) is 0. The number of hydrogen-bond donors (Lipinski definition) is 0. The molecule has 0 amide bonds. The monoisotopic (exact) mass is 275 g/mol. The Morgan fingerprint density at radius 2 is 1.95 bits per heavy atom. The van der Waals surface area contributed by atoms with Crippen molar-refractivity contribution in [1.82, 2.24) is 0 Å². The molecule has 0 aliphatic rings. The van der Waals surface area contributed by atoms with Gasteiger partial charge in [0, 0.05) is 5.56 Å². The Kier molecular flexibility index (Phi) is 3.79. The molecule has 0 N–H and O–H groups in total. The topological polar surface area (TPSA) is 50.1 Å². The Bertz CT molecular complexity index is 680. The van der Waals surface area contributed by atoms with Gasteiger partial charge < -0.3 is 4.74 Å². The molecule has 0 aromatic heterocycles. The van der Waals surface area contributed by atoms with Gasteiger partial charge in [0.15, 0.2) is 11.6 Å². The summed E-state index contributed by atoms with van der Waals surface area (Å²) in [6.07, 6.45) is 0.651. The van der Waals surface area contributed by atoms with Crippen LogP contribution in [0.4, 0.5) is 4.39 Å². The Labute approximate surface area is 113 Å². The van der Waals surface area contributed by atoms with Gasteiger partial charge in [0.05, 0.1) is 16.7 Å². The number of hydrogen-bond acceptors (Lipinski definition) is 3. The van der Waals surface area contributed by atoms with Crippen LogP contribution in [0.1, 0.15) is 15.9 Å². The van der Waals surface area contributed by atoms with E-state index in [-0.39, 0.29) is 22.1 Å². The fourth-order valence-electron chi connectivity index (χ4n) is 1.44. The predicted octanol–water partition coefficient (Wildman–Crippen LogP) is 3.96. The molecule has 0 saturated carbocycles. The standard InChI is InChI=1S/C14H7ClFNO2/c15-11-5-10(8-18)2-3-13(11)19-14-4-1-9(7-17)6-12(14)16/h1-6,8H. The van der Waals surface area contributed by atoms with Gasteiger partial charge in [-0.05, 0) is 36.4 Å². The highest BCUT2D eigenvalue weighted by Gasteiger charge is 2.09. The second-order valence-electron chi connectivity index (χ2n) is 3.67. The highest BCUT2D eigenvalue weighted by atomic mass is 35.5. The van der Waals surface area contributed by atoms with Gasteiger partial charge >= 0.3 is 0 Å². The van der Waals surface area contributed by atoms with E-state index in [1.807, 2.05) is 6.07 Å². The van der Waals surface area contributed by atoms with Crippen LogP contribution in [0.3, 0.4) is 0 Å².